The van der Waals surface area contributed by atoms with Crippen molar-refractivity contribution in [2.24, 2.45) is 5.73 Å². The predicted molar refractivity (Wildman–Crippen MR) is 79.2 cm³/mol. The van der Waals surface area contributed by atoms with Gasteiger partial charge in [0.05, 0.1) is 6.61 Å². The van der Waals surface area contributed by atoms with E-state index in [1.807, 2.05) is 0 Å². The van der Waals surface area contributed by atoms with Crippen molar-refractivity contribution in [3.8, 4) is 0 Å². The number of rotatable bonds is 4. The molecule has 2 rings (SSSR count). The number of anilines is 1. The number of nitrogens with zero attached hydrogens (tertiary/aromatic N) is 2. The van der Waals surface area contributed by atoms with Crippen molar-refractivity contribution < 1.29 is 5.11 Å². The van der Waals surface area contributed by atoms with E-state index in [0.717, 1.165) is 23.1 Å². The zero-order valence-electron chi connectivity index (χ0n) is 10.1. The summed E-state index contributed by atoms with van der Waals surface area (Å²) in [6, 6.07) is -0.248. The van der Waals surface area contributed by atoms with Crippen molar-refractivity contribution in [3.63, 3.8) is 0 Å². The summed E-state index contributed by atoms with van der Waals surface area (Å²) in [4.78, 5) is 7.66. The van der Waals surface area contributed by atoms with Crippen LogP contribution < -0.4 is 10.6 Å². The molecule has 1 saturated heterocycles. The van der Waals surface area contributed by atoms with Crippen LogP contribution >= 0.6 is 35.3 Å². The lowest BCUT2D eigenvalue weighted by Crippen LogP contribution is -2.29. The third kappa shape index (κ3) is 3.96. The Balaban J connectivity index is 0.00000162. The topological polar surface area (TPSA) is 62.4 Å². The number of nitrogens with two attached hydrogens (primary N) is 1. The highest BCUT2D eigenvalue weighted by atomic mass is 35.5. The van der Waals surface area contributed by atoms with E-state index < -0.39 is 0 Å². The van der Waals surface area contributed by atoms with Crippen molar-refractivity contribution in [1.82, 2.24) is 4.98 Å². The molecule has 4 nitrogen and oxygen atoms in total. The minimum Gasteiger partial charge on any atom is -0.395 e. The first-order valence-electron chi connectivity index (χ1n) is 5.97. The zero-order valence-corrected chi connectivity index (χ0v) is 12.5. The molecule has 0 bridgehead atoms. The number of halogens is 2. The molecule has 104 valence electrons. The van der Waals surface area contributed by atoms with Gasteiger partial charge in [0.25, 0.3) is 0 Å². The van der Waals surface area contributed by atoms with Gasteiger partial charge in [-0.3, -0.25) is 0 Å². The molecule has 18 heavy (non-hydrogen) atoms. The molecule has 1 aliphatic heterocycles. The van der Waals surface area contributed by atoms with Gasteiger partial charge in [0.2, 0.25) is 0 Å². The van der Waals surface area contributed by atoms with Crippen LogP contribution in [-0.4, -0.2) is 35.8 Å². The molecular formula is C11H19Cl2N3OS. The van der Waals surface area contributed by atoms with Gasteiger partial charge in [-0.25, -0.2) is 4.98 Å². The first-order valence-corrected chi connectivity index (χ1v) is 7.16. The largest absolute Gasteiger partial charge is 0.395 e. The molecule has 1 fully saturated rings. The minimum atomic E-state index is -0.248. The fraction of sp³-hybridized carbons (Fsp3) is 0.727. The second kappa shape index (κ2) is 7.50. The van der Waals surface area contributed by atoms with Crippen LogP contribution in [0.4, 0.5) is 5.13 Å². The fourth-order valence-electron chi connectivity index (χ4n) is 1.97. The van der Waals surface area contributed by atoms with E-state index in [-0.39, 0.29) is 25.1 Å². The van der Waals surface area contributed by atoms with Crippen molar-refractivity contribution in [2.45, 2.75) is 31.7 Å². The van der Waals surface area contributed by atoms with E-state index in [0.29, 0.717) is 11.6 Å². The molecule has 1 aliphatic rings. The van der Waals surface area contributed by atoms with Crippen LogP contribution in [0.25, 0.3) is 0 Å². The molecule has 1 aromatic rings. The Bertz CT molecular complexity index is 369. The molecule has 0 aromatic carbocycles. The SMILES string of the molecule is Cl.NC(CO)Cc1sc(N2CCCCC2)nc1Cl. The van der Waals surface area contributed by atoms with Gasteiger partial charge < -0.3 is 15.7 Å². The van der Waals surface area contributed by atoms with Crippen LogP contribution in [0.1, 0.15) is 24.1 Å². The van der Waals surface area contributed by atoms with Crippen LogP contribution in [0.2, 0.25) is 5.15 Å². The molecule has 7 heteroatoms. The minimum absolute atomic E-state index is 0. The van der Waals surface area contributed by atoms with E-state index in [1.54, 1.807) is 11.3 Å². The lowest BCUT2D eigenvalue weighted by molar-refractivity contribution is 0.265. The number of aromatic nitrogens is 1. The summed E-state index contributed by atoms with van der Waals surface area (Å²) in [5.74, 6) is 0. The Hall–Kier alpha value is -0.0700. The summed E-state index contributed by atoms with van der Waals surface area (Å²) in [6.07, 6.45) is 4.35. The second-order valence-corrected chi connectivity index (χ2v) is 5.82. The van der Waals surface area contributed by atoms with E-state index in [9.17, 15) is 0 Å². The van der Waals surface area contributed by atoms with Gasteiger partial charge in [-0.05, 0) is 19.3 Å². The van der Waals surface area contributed by atoms with Gasteiger partial charge in [0.1, 0.15) is 5.15 Å². The summed E-state index contributed by atoms with van der Waals surface area (Å²) in [7, 11) is 0. The Morgan fingerprint density at radius 3 is 2.67 bits per heavy atom. The maximum Gasteiger partial charge on any atom is 0.187 e. The van der Waals surface area contributed by atoms with Gasteiger partial charge in [-0.1, -0.05) is 11.6 Å². The predicted octanol–water partition coefficient (Wildman–Crippen LogP) is 2.07. The molecule has 0 spiro atoms. The zero-order chi connectivity index (χ0) is 12.3. The van der Waals surface area contributed by atoms with Gasteiger partial charge in [0.15, 0.2) is 5.13 Å². The number of piperidine rings is 1. The maximum atomic E-state index is 8.95. The molecule has 0 radical (unpaired) electrons. The van der Waals surface area contributed by atoms with Gasteiger partial charge >= 0.3 is 0 Å². The van der Waals surface area contributed by atoms with Crippen LogP contribution in [-0.2, 0) is 6.42 Å². The van der Waals surface area contributed by atoms with Crippen LogP contribution in [0.3, 0.4) is 0 Å². The lowest BCUT2D eigenvalue weighted by atomic mass is 10.1. The van der Waals surface area contributed by atoms with E-state index >= 15 is 0 Å². The first-order chi connectivity index (χ1) is 8.20. The summed E-state index contributed by atoms with van der Waals surface area (Å²) in [5.41, 5.74) is 5.72. The number of aliphatic hydroxyl groups is 1. The molecular weight excluding hydrogens is 293 g/mol. The van der Waals surface area contributed by atoms with Gasteiger partial charge in [0, 0.05) is 30.4 Å². The number of thiazole rings is 1. The van der Waals surface area contributed by atoms with Crippen molar-refractivity contribution in [2.75, 3.05) is 24.6 Å². The van der Waals surface area contributed by atoms with Crippen LogP contribution in [0.5, 0.6) is 0 Å². The Labute approximate surface area is 123 Å². The molecule has 0 amide bonds. The highest BCUT2D eigenvalue weighted by Gasteiger charge is 2.18. The highest BCUT2D eigenvalue weighted by molar-refractivity contribution is 7.16. The molecule has 0 aliphatic carbocycles. The third-order valence-corrected chi connectivity index (χ3v) is 4.51. The molecule has 1 unspecified atom stereocenters. The highest BCUT2D eigenvalue weighted by Crippen LogP contribution is 2.31. The molecule has 1 atom stereocenters. The normalized spacial score (nSPS) is 17.4. The average molecular weight is 312 g/mol. The third-order valence-electron chi connectivity index (χ3n) is 2.95. The molecule has 1 aromatic heterocycles. The Morgan fingerprint density at radius 2 is 2.06 bits per heavy atom. The maximum absolute atomic E-state index is 8.95. The van der Waals surface area contributed by atoms with Crippen LogP contribution in [0.15, 0.2) is 0 Å². The van der Waals surface area contributed by atoms with Crippen molar-refractivity contribution >= 4 is 40.5 Å². The molecule has 0 saturated carbocycles. The summed E-state index contributed by atoms with van der Waals surface area (Å²) in [5, 5.41) is 10.5. The number of hydrogen-bond donors (Lipinski definition) is 2. The summed E-state index contributed by atoms with van der Waals surface area (Å²) >= 11 is 7.70. The summed E-state index contributed by atoms with van der Waals surface area (Å²) in [6.45, 7) is 2.11. The lowest BCUT2D eigenvalue weighted by Gasteiger charge is -2.25. The average Bonchev–Trinajstić information content (AvgIpc) is 2.72. The quantitative estimate of drug-likeness (QED) is 0.893. The van der Waals surface area contributed by atoms with Gasteiger partial charge in [-0.2, -0.15) is 0 Å². The number of hydrogen-bond acceptors (Lipinski definition) is 5. The monoisotopic (exact) mass is 311 g/mol. The van der Waals surface area contributed by atoms with Gasteiger partial charge in [-0.15, -0.1) is 23.7 Å². The molecule has 2 heterocycles. The van der Waals surface area contributed by atoms with E-state index in [2.05, 4.69) is 9.88 Å². The summed E-state index contributed by atoms with van der Waals surface area (Å²) < 4.78 is 0. The van der Waals surface area contributed by atoms with Crippen molar-refractivity contribution in [1.29, 1.82) is 0 Å². The first kappa shape index (κ1) is 16.0. The Morgan fingerprint density at radius 1 is 1.39 bits per heavy atom. The number of aliphatic hydroxyl groups excluding tert-OH is 1. The van der Waals surface area contributed by atoms with Crippen LogP contribution in [0, 0.1) is 0 Å². The smallest absolute Gasteiger partial charge is 0.187 e. The second-order valence-electron chi connectivity index (χ2n) is 4.40. The molecule has 3 N–H and O–H groups in total. The van der Waals surface area contributed by atoms with E-state index in [4.69, 9.17) is 22.4 Å². The van der Waals surface area contributed by atoms with E-state index in [1.165, 1.54) is 19.3 Å². The van der Waals surface area contributed by atoms with Crippen molar-refractivity contribution in [3.05, 3.63) is 10.0 Å². The standard InChI is InChI=1S/C11H18ClN3OS.ClH/c12-10-9(6-8(13)7-16)17-11(14-10)15-4-2-1-3-5-15;/h8,16H,1-7,13H2;1H. The Kier molecular flexibility index (Phi) is 6.66. The fourth-order valence-corrected chi connectivity index (χ4v) is 3.39.